The number of carbonyl (C=O) groups is 2. The fourth-order valence-electron chi connectivity index (χ4n) is 5.54. The fourth-order valence-corrected chi connectivity index (χ4v) is 5.54. The highest BCUT2D eigenvalue weighted by Gasteiger charge is 2.25. The molecule has 0 spiro atoms. The lowest BCUT2D eigenvalue weighted by atomic mass is 9.75. The van der Waals surface area contributed by atoms with E-state index in [-0.39, 0.29) is 11.8 Å². The summed E-state index contributed by atoms with van der Waals surface area (Å²) in [6, 6.07) is 3.55. The van der Waals surface area contributed by atoms with Crippen molar-refractivity contribution in [3.63, 3.8) is 0 Å². The number of carbonyl (C=O) groups excluding carboxylic acids is 2. The number of fused-ring (bicyclic) bond motifs is 1. The number of pyridine rings is 2. The van der Waals surface area contributed by atoms with Gasteiger partial charge in [-0.05, 0) is 62.7 Å². The van der Waals surface area contributed by atoms with Gasteiger partial charge in [-0.2, -0.15) is 0 Å². The molecule has 1 unspecified atom stereocenters. The van der Waals surface area contributed by atoms with Crippen LogP contribution in [0.25, 0.3) is 17.2 Å². The van der Waals surface area contributed by atoms with Crippen molar-refractivity contribution in [3.8, 4) is 0 Å². The van der Waals surface area contributed by atoms with Gasteiger partial charge >= 0.3 is 0 Å². The number of imidazole rings is 1. The average Bonchev–Trinajstić information content (AvgIpc) is 3.47. The van der Waals surface area contributed by atoms with Crippen LogP contribution in [0.15, 0.2) is 55.8 Å². The maximum absolute atomic E-state index is 13.2. The van der Waals surface area contributed by atoms with Crippen molar-refractivity contribution in [1.29, 1.82) is 0 Å². The van der Waals surface area contributed by atoms with Gasteiger partial charge in [0.1, 0.15) is 0 Å². The first-order valence-electron chi connectivity index (χ1n) is 13.3. The number of aryl methyl sites for hydroxylation is 2. The molecule has 200 valence electrons. The van der Waals surface area contributed by atoms with Crippen LogP contribution in [-0.4, -0.2) is 31.3 Å². The van der Waals surface area contributed by atoms with Crippen LogP contribution in [-0.2, 0) is 11.8 Å². The third-order valence-corrected chi connectivity index (χ3v) is 7.85. The lowest BCUT2D eigenvalue weighted by Crippen LogP contribution is -2.21. The molecule has 2 atom stereocenters. The maximum Gasteiger partial charge on any atom is 0.257 e. The first-order chi connectivity index (χ1) is 18.7. The van der Waals surface area contributed by atoms with Gasteiger partial charge in [-0.25, -0.2) is 4.98 Å². The molecule has 39 heavy (non-hydrogen) atoms. The summed E-state index contributed by atoms with van der Waals surface area (Å²) < 4.78 is 1.92. The number of hydrogen-bond acceptors (Lipinski definition) is 5. The third kappa shape index (κ3) is 5.46. The Morgan fingerprint density at radius 2 is 1.95 bits per heavy atom. The molecule has 1 saturated carbocycles. The third-order valence-electron chi connectivity index (χ3n) is 7.85. The van der Waals surface area contributed by atoms with Crippen molar-refractivity contribution in [2.24, 2.45) is 18.9 Å². The summed E-state index contributed by atoms with van der Waals surface area (Å²) in [5.74, 6) is 0.577. The van der Waals surface area contributed by atoms with E-state index in [9.17, 15) is 9.59 Å². The highest BCUT2D eigenvalue weighted by atomic mass is 16.2. The topological polar surface area (TPSA) is 102 Å². The Kier molecular flexibility index (Phi) is 7.28. The van der Waals surface area contributed by atoms with E-state index in [2.05, 4.69) is 45.7 Å². The molecule has 8 heteroatoms. The summed E-state index contributed by atoms with van der Waals surface area (Å²) in [6.07, 6.45) is 13.3. The molecule has 0 aromatic carbocycles. The molecular weight excluding hydrogens is 488 g/mol. The summed E-state index contributed by atoms with van der Waals surface area (Å²) in [5.41, 5.74) is 7.64. The van der Waals surface area contributed by atoms with E-state index in [4.69, 9.17) is 0 Å². The minimum Gasteiger partial charge on any atom is -0.334 e. The molecule has 1 fully saturated rings. The normalized spacial score (nSPS) is 18.5. The summed E-state index contributed by atoms with van der Waals surface area (Å²) in [6.45, 7) is 12.5. The number of anilines is 2. The SMILES string of the molecule is C=C1C(c2cncn2C)=Cc2cc(C(=O)Nc3cc(NC(=O)CCC4C(=C)CCC[C@@H]4C)cnc3C)cnc21. The maximum atomic E-state index is 13.2. The van der Waals surface area contributed by atoms with Gasteiger partial charge in [-0.15, -0.1) is 0 Å². The molecule has 0 bridgehead atoms. The molecule has 0 radical (unpaired) electrons. The Bertz CT molecular complexity index is 1510. The molecule has 8 nitrogen and oxygen atoms in total. The monoisotopic (exact) mass is 522 g/mol. The van der Waals surface area contributed by atoms with E-state index in [0.29, 0.717) is 40.9 Å². The standard InChI is InChI=1S/C31H34N6O2/c1-18-7-6-8-19(2)25(18)9-10-29(38)35-24-13-27(21(4)33-15-24)36-31(39)23-11-22-12-26(20(3)30(22)34-14-23)28-16-32-17-37(28)5/h11-17,19,25H,1,3,6-10H2,2,4-5H3,(H,35,38)(H,36,39)/t19-,25?/m0/s1. The van der Waals surface area contributed by atoms with Crippen molar-refractivity contribution in [2.45, 2.75) is 46.0 Å². The lowest BCUT2D eigenvalue weighted by Gasteiger charge is -2.30. The quantitative estimate of drug-likeness (QED) is 0.368. The van der Waals surface area contributed by atoms with E-state index in [1.165, 1.54) is 18.4 Å². The zero-order valence-electron chi connectivity index (χ0n) is 22.8. The van der Waals surface area contributed by atoms with Crippen molar-refractivity contribution < 1.29 is 9.59 Å². The Hall–Kier alpha value is -4.33. The summed E-state index contributed by atoms with van der Waals surface area (Å²) in [7, 11) is 1.92. The second-order valence-corrected chi connectivity index (χ2v) is 10.6. The van der Waals surface area contributed by atoms with Crippen molar-refractivity contribution in [2.75, 3.05) is 10.6 Å². The Balaban J connectivity index is 1.25. The number of allylic oxidation sites excluding steroid dienone is 3. The van der Waals surface area contributed by atoms with Crippen LogP contribution in [0, 0.1) is 18.8 Å². The second kappa shape index (κ2) is 10.8. The number of nitrogens with zero attached hydrogens (tertiary/aromatic N) is 4. The minimum absolute atomic E-state index is 0.0671. The van der Waals surface area contributed by atoms with Crippen molar-refractivity contribution in [1.82, 2.24) is 19.5 Å². The highest BCUT2D eigenvalue weighted by molar-refractivity contribution is 6.16. The van der Waals surface area contributed by atoms with Crippen LogP contribution in [0.3, 0.4) is 0 Å². The predicted octanol–water partition coefficient (Wildman–Crippen LogP) is 6.05. The Morgan fingerprint density at radius 3 is 2.69 bits per heavy atom. The lowest BCUT2D eigenvalue weighted by molar-refractivity contribution is -0.116. The minimum atomic E-state index is -0.309. The fraction of sp³-hybridized carbons (Fsp3) is 0.323. The smallest absolute Gasteiger partial charge is 0.257 e. The molecule has 0 saturated heterocycles. The van der Waals surface area contributed by atoms with Crippen LogP contribution < -0.4 is 10.6 Å². The van der Waals surface area contributed by atoms with E-state index < -0.39 is 0 Å². The van der Waals surface area contributed by atoms with Crippen LogP contribution in [0.2, 0.25) is 0 Å². The number of aromatic nitrogens is 4. The van der Waals surface area contributed by atoms with Gasteiger partial charge in [0.05, 0.1) is 52.7 Å². The van der Waals surface area contributed by atoms with E-state index in [0.717, 1.165) is 40.9 Å². The molecule has 2 aliphatic carbocycles. The van der Waals surface area contributed by atoms with Gasteiger partial charge < -0.3 is 15.2 Å². The summed E-state index contributed by atoms with van der Waals surface area (Å²) in [5, 5.41) is 5.86. The van der Waals surface area contributed by atoms with Crippen LogP contribution in [0.5, 0.6) is 0 Å². The van der Waals surface area contributed by atoms with Gasteiger partial charge in [0.2, 0.25) is 5.91 Å². The van der Waals surface area contributed by atoms with Crippen LogP contribution in [0.4, 0.5) is 11.4 Å². The molecule has 2 amide bonds. The second-order valence-electron chi connectivity index (χ2n) is 10.6. The molecule has 3 aromatic rings. The molecule has 5 rings (SSSR count). The number of amides is 2. The number of nitrogens with one attached hydrogen (secondary N) is 2. The van der Waals surface area contributed by atoms with E-state index in [1.54, 1.807) is 37.1 Å². The van der Waals surface area contributed by atoms with E-state index >= 15 is 0 Å². The summed E-state index contributed by atoms with van der Waals surface area (Å²) >= 11 is 0. The molecule has 3 aromatic heterocycles. The van der Waals surface area contributed by atoms with Crippen LogP contribution in [0.1, 0.15) is 72.0 Å². The average molecular weight is 523 g/mol. The Labute approximate surface area is 229 Å². The number of rotatable bonds is 7. The van der Waals surface area contributed by atoms with Gasteiger partial charge in [-0.1, -0.05) is 25.7 Å². The molecule has 2 aliphatic rings. The largest absolute Gasteiger partial charge is 0.334 e. The molecule has 0 aliphatic heterocycles. The van der Waals surface area contributed by atoms with Crippen molar-refractivity contribution >= 4 is 40.4 Å². The Morgan fingerprint density at radius 1 is 1.13 bits per heavy atom. The zero-order valence-corrected chi connectivity index (χ0v) is 22.8. The zero-order chi connectivity index (χ0) is 27.7. The molecular formula is C31H34N6O2. The van der Waals surface area contributed by atoms with Gasteiger partial charge in [0, 0.05) is 36.4 Å². The first-order valence-corrected chi connectivity index (χ1v) is 13.3. The first kappa shape index (κ1) is 26.3. The van der Waals surface area contributed by atoms with Gasteiger partial charge in [0.15, 0.2) is 0 Å². The van der Waals surface area contributed by atoms with Crippen molar-refractivity contribution in [3.05, 3.63) is 84.0 Å². The van der Waals surface area contributed by atoms with Gasteiger partial charge in [-0.3, -0.25) is 19.6 Å². The number of hydrogen-bond donors (Lipinski definition) is 2. The predicted molar refractivity (Wildman–Crippen MR) is 155 cm³/mol. The van der Waals surface area contributed by atoms with Gasteiger partial charge in [0.25, 0.3) is 5.91 Å². The van der Waals surface area contributed by atoms with E-state index in [1.807, 2.05) is 24.6 Å². The molecule has 3 heterocycles. The highest BCUT2D eigenvalue weighted by Crippen LogP contribution is 2.39. The molecule has 2 N–H and O–H groups in total. The summed E-state index contributed by atoms with van der Waals surface area (Å²) in [4.78, 5) is 38.9. The van der Waals surface area contributed by atoms with Crippen LogP contribution >= 0.6 is 0 Å².